The van der Waals surface area contributed by atoms with Gasteiger partial charge in [0, 0.05) is 19.7 Å². The van der Waals surface area contributed by atoms with Crippen molar-refractivity contribution in [2.45, 2.75) is 59.0 Å². The molecule has 5 nitrogen and oxygen atoms in total. The zero-order valence-corrected chi connectivity index (χ0v) is 16.4. The van der Waals surface area contributed by atoms with Gasteiger partial charge in [-0.2, -0.15) is 0 Å². The first-order valence-electron chi connectivity index (χ1n) is 9.15. The largest absolute Gasteiger partial charge is 0.494 e. The van der Waals surface area contributed by atoms with Crippen molar-refractivity contribution < 1.29 is 14.3 Å². The molecular weight excluding hydrogens is 316 g/mol. The molecule has 1 aromatic rings. The Morgan fingerprint density at radius 1 is 1.00 bits per heavy atom. The van der Waals surface area contributed by atoms with Gasteiger partial charge in [0.05, 0.1) is 12.7 Å². The van der Waals surface area contributed by atoms with Gasteiger partial charge in [-0.05, 0) is 49.8 Å². The molecule has 0 aliphatic carbocycles. The summed E-state index contributed by atoms with van der Waals surface area (Å²) in [6.07, 6.45) is 1.82. The zero-order valence-electron chi connectivity index (χ0n) is 16.4. The van der Waals surface area contributed by atoms with Gasteiger partial charge < -0.3 is 20.1 Å². The molecule has 0 radical (unpaired) electrons. The first kappa shape index (κ1) is 21.3. The number of rotatable bonds is 10. The molecule has 0 fully saturated rings. The molecule has 5 heteroatoms. The molecule has 2 N–H and O–H groups in total. The molecule has 2 amide bonds. The minimum absolute atomic E-state index is 0.140. The van der Waals surface area contributed by atoms with Gasteiger partial charge in [0.1, 0.15) is 5.75 Å². The highest BCUT2D eigenvalue weighted by Gasteiger charge is 2.12. The van der Waals surface area contributed by atoms with E-state index in [0.717, 1.165) is 18.6 Å². The van der Waals surface area contributed by atoms with Crippen LogP contribution in [0.4, 0.5) is 4.79 Å². The third-order valence-electron chi connectivity index (χ3n) is 3.65. The lowest BCUT2D eigenvalue weighted by Crippen LogP contribution is -2.37. The minimum atomic E-state index is -0.140. The van der Waals surface area contributed by atoms with Crippen molar-refractivity contribution in [2.24, 2.45) is 0 Å². The molecule has 0 saturated carbocycles. The lowest BCUT2D eigenvalue weighted by atomic mass is 9.87. The standard InChI is InChI=1S/C20H34N2O3/c1-16(2)24-14-6-12-21-19(23)22-13-7-15-25-18-10-8-17(9-11-18)20(3,4)5/h8-11,16H,6-7,12-15H2,1-5H3,(H2,21,22,23). The van der Waals surface area contributed by atoms with E-state index in [1.165, 1.54) is 5.56 Å². The Labute approximate surface area is 152 Å². The predicted molar refractivity (Wildman–Crippen MR) is 102 cm³/mol. The topological polar surface area (TPSA) is 59.6 Å². The van der Waals surface area contributed by atoms with Crippen molar-refractivity contribution in [3.05, 3.63) is 29.8 Å². The average molecular weight is 351 g/mol. The van der Waals surface area contributed by atoms with Gasteiger partial charge in [-0.1, -0.05) is 32.9 Å². The Kier molecular flexibility index (Phi) is 9.35. The molecule has 0 atom stereocenters. The maximum Gasteiger partial charge on any atom is 0.314 e. The molecule has 0 aliphatic heterocycles. The number of ether oxygens (including phenoxy) is 2. The fraction of sp³-hybridized carbons (Fsp3) is 0.650. The molecule has 0 unspecified atom stereocenters. The Hall–Kier alpha value is -1.75. The quantitative estimate of drug-likeness (QED) is 0.630. The van der Waals surface area contributed by atoms with Crippen molar-refractivity contribution in [1.82, 2.24) is 10.6 Å². The van der Waals surface area contributed by atoms with E-state index in [4.69, 9.17) is 9.47 Å². The fourth-order valence-corrected chi connectivity index (χ4v) is 2.17. The molecule has 0 heterocycles. The SMILES string of the molecule is CC(C)OCCCNC(=O)NCCCOc1ccc(C(C)(C)C)cc1. The van der Waals surface area contributed by atoms with E-state index in [-0.39, 0.29) is 17.6 Å². The van der Waals surface area contributed by atoms with Gasteiger partial charge in [0.25, 0.3) is 0 Å². The van der Waals surface area contributed by atoms with E-state index < -0.39 is 0 Å². The van der Waals surface area contributed by atoms with E-state index in [9.17, 15) is 4.79 Å². The molecule has 142 valence electrons. The normalized spacial score (nSPS) is 11.4. The third-order valence-corrected chi connectivity index (χ3v) is 3.65. The number of carbonyl (C=O) groups excluding carboxylic acids is 1. The summed E-state index contributed by atoms with van der Waals surface area (Å²) in [5.74, 6) is 0.864. The summed E-state index contributed by atoms with van der Waals surface area (Å²) >= 11 is 0. The molecule has 0 aliphatic rings. The van der Waals surface area contributed by atoms with Crippen LogP contribution in [-0.2, 0) is 10.2 Å². The van der Waals surface area contributed by atoms with E-state index in [0.29, 0.717) is 26.3 Å². The first-order chi connectivity index (χ1) is 11.8. The van der Waals surface area contributed by atoms with Crippen LogP contribution in [0, 0.1) is 0 Å². The average Bonchev–Trinajstić information content (AvgIpc) is 2.53. The number of hydrogen-bond donors (Lipinski definition) is 2. The maximum absolute atomic E-state index is 11.6. The van der Waals surface area contributed by atoms with Crippen LogP contribution in [0.15, 0.2) is 24.3 Å². The van der Waals surface area contributed by atoms with Gasteiger partial charge in [0.15, 0.2) is 0 Å². The minimum Gasteiger partial charge on any atom is -0.494 e. The van der Waals surface area contributed by atoms with Crippen molar-refractivity contribution in [3.63, 3.8) is 0 Å². The first-order valence-corrected chi connectivity index (χ1v) is 9.15. The lowest BCUT2D eigenvalue weighted by molar-refractivity contribution is 0.0774. The van der Waals surface area contributed by atoms with Gasteiger partial charge in [-0.3, -0.25) is 0 Å². The Morgan fingerprint density at radius 2 is 1.56 bits per heavy atom. The molecule has 0 spiro atoms. The molecule has 25 heavy (non-hydrogen) atoms. The summed E-state index contributed by atoms with van der Waals surface area (Å²) in [4.78, 5) is 11.6. The van der Waals surface area contributed by atoms with Crippen LogP contribution in [0.3, 0.4) is 0 Å². The molecule has 0 bridgehead atoms. The Bertz CT molecular complexity index is 493. The molecule has 0 saturated heterocycles. The second kappa shape index (κ2) is 11.0. The van der Waals surface area contributed by atoms with Gasteiger partial charge in [0.2, 0.25) is 0 Å². The number of urea groups is 1. The van der Waals surface area contributed by atoms with Crippen LogP contribution < -0.4 is 15.4 Å². The van der Waals surface area contributed by atoms with Crippen molar-refractivity contribution in [3.8, 4) is 5.75 Å². The monoisotopic (exact) mass is 350 g/mol. The van der Waals surface area contributed by atoms with Crippen LogP contribution in [-0.4, -0.2) is 38.4 Å². The van der Waals surface area contributed by atoms with E-state index in [1.807, 2.05) is 26.0 Å². The lowest BCUT2D eigenvalue weighted by Gasteiger charge is -2.19. The van der Waals surface area contributed by atoms with Crippen LogP contribution in [0.1, 0.15) is 53.0 Å². The van der Waals surface area contributed by atoms with Gasteiger partial charge >= 0.3 is 6.03 Å². The van der Waals surface area contributed by atoms with Crippen LogP contribution in [0.2, 0.25) is 0 Å². The highest BCUT2D eigenvalue weighted by atomic mass is 16.5. The summed E-state index contributed by atoms with van der Waals surface area (Å²) < 4.78 is 11.1. The van der Waals surface area contributed by atoms with E-state index in [1.54, 1.807) is 0 Å². The number of hydrogen-bond acceptors (Lipinski definition) is 3. The summed E-state index contributed by atoms with van der Waals surface area (Å²) in [5.41, 5.74) is 1.44. The zero-order chi connectivity index (χ0) is 18.7. The summed E-state index contributed by atoms with van der Waals surface area (Å²) in [5, 5.41) is 5.64. The van der Waals surface area contributed by atoms with Gasteiger partial charge in [-0.25, -0.2) is 4.79 Å². The maximum atomic E-state index is 11.6. The summed E-state index contributed by atoms with van der Waals surface area (Å²) in [6.45, 7) is 13.0. The third kappa shape index (κ3) is 9.97. The van der Waals surface area contributed by atoms with Gasteiger partial charge in [-0.15, -0.1) is 0 Å². The molecule has 1 aromatic carbocycles. The Morgan fingerprint density at radius 3 is 2.08 bits per heavy atom. The van der Waals surface area contributed by atoms with E-state index in [2.05, 4.69) is 43.5 Å². The number of nitrogens with one attached hydrogen (secondary N) is 2. The van der Waals surface area contributed by atoms with Crippen LogP contribution >= 0.6 is 0 Å². The Balaban J connectivity index is 2.07. The summed E-state index contributed by atoms with van der Waals surface area (Å²) in [7, 11) is 0. The van der Waals surface area contributed by atoms with Crippen molar-refractivity contribution in [1.29, 1.82) is 0 Å². The second-order valence-corrected chi connectivity index (χ2v) is 7.43. The van der Waals surface area contributed by atoms with Crippen molar-refractivity contribution in [2.75, 3.05) is 26.3 Å². The van der Waals surface area contributed by atoms with Crippen molar-refractivity contribution >= 4 is 6.03 Å². The summed E-state index contributed by atoms with van der Waals surface area (Å²) in [6, 6.07) is 8.06. The molecular formula is C20H34N2O3. The molecule has 0 aromatic heterocycles. The highest BCUT2D eigenvalue weighted by molar-refractivity contribution is 5.73. The smallest absolute Gasteiger partial charge is 0.314 e. The molecule has 1 rings (SSSR count). The predicted octanol–water partition coefficient (Wildman–Crippen LogP) is 3.87. The van der Waals surface area contributed by atoms with Crippen LogP contribution in [0.5, 0.6) is 5.75 Å². The number of amides is 2. The second-order valence-electron chi connectivity index (χ2n) is 7.43. The van der Waals surface area contributed by atoms with Crippen LogP contribution in [0.25, 0.3) is 0 Å². The highest BCUT2D eigenvalue weighted by Crippen LogP contribution is 2.24. The fourth-order valence-electron chi connectivity index (χ4n) is 2.17. The number of carbonyl (C=O) groups is 1. The number of benzene rings is 1. The van der Waals surface area contributed by atoms with E-state index >= 15 is 0 Å².